The summed E-state index contributed by atoms with van der Waals surface area (Å²) in [5.74, 6) is 0.398. The fourth-order valence-corrected chi connectivity index (χ4v) is 4.92. The summed E-state index contributed by atoms with van der Waals surface area (Å²) in [6.07, 6.45) is 1.28. The minimum Gasteiger partial charge on any atom is -0.389 e. The Morgan fingerprint density at radius 1 is 1.19 bits per heavy atom. The Morgan fingerprint density at radius 2 is 1.84 bits per heavy atom. The second-order valence-corrected chi connectivity index (χ2v) is 9.90. The van der Waals surface area contributed by atoms with Crippen molar-refractivity contribution in [2.75, 3.05) is 20.5 Å². The fraction of sp³-hybridized carbons (Fsp3) is 0.350. The molecule has 1 aliphatic rings. The van der Waals surface area contributed by atoms with Crippen LogP contribution in [0.5, 0.6) is 0 Å². The molecule has 1 fully saturated rings. The molecule has 0 aliphatic carbocycles. The number of aromatic nitrogens is 2. The zero-order valence-electron chi connectivity index (χ0n) is 17.6. The van der Waals surface area contributed by atoms with Gasteiger partial charge >= 0.3 is 13.3 Å². The lowest BCUT2D eigenvalue weighted by Crippen LogP contribution is -2.45. The minimum absolute atomic E-state index is 0.175. The average molecular weight is 482 g/mol. The number of benzene rings is 1. The van der Waals surface area contributed by atoms with Crippen molar-refractivity contribution < 1.29 is 28.3 Å². The Kier molecular flexibility index (Phi) is 7.71. The van der Waals surface area contributed by atoms with Crippen LogP contribution in [0.2, 0.25) is 0 Å². The van der Waals surface area contributed by atoms with Gasteiger partial charge in [0, 0.05) is 37.9 Å². The third-order valence-electron chi connectivity index (χ3n) is 5.00. The summed E-state index contributed by atoms with van der Waals surface area (Å²) < 4.78 is 29.4. The maximum atomic E-state index is 13.1. The molecule has 32 heavy (non-hydrogen) atoms. The molecular weight excluding hydrogens is 459 g/mol. The number of ether oxygens (including phenoxy) is 1. The molecule has 0 radical (unpaired) electrons. The number of hydrogen-bond donors (Lipinski definition) is 1. The molecule has 2 heterocycles. The zero-order chi connectivity index (χ0) is 23.5. The van der Waals surface area contributed by atoms with E-state index in [0.717, 1.165) is 10.6 Å². The van der Waals surface area contributed by atoms with E-state index in [9.17, 15) is 24.1 Å². The highest BCUT2D eigenvalue weighted by Crippen LogP contribution is 2.48. The Balaban J connectivity index is 1.99. The topological polar surface area (TPSA) is 126 Å². The van der Waals surface area contributed by atoms with Crippen LogP contribution in [-0.4, -0.2) is 58.1 Å². The number of aliphatic hydroxyl groups excluding tert-OH is 1. The molecule has 0 spiro atoms. The maximum absolute atomic E-state index is 13.1. The molecule has 172 valence electrons. The Labute approximate surface area is 188 Å². The standard InChI is InChI=1S/C20H23N2O8PS/c1-28-31(27,29-2)12-10-14-16(24)17(32-3)19(30-14)21-11-9-15(23)22(20(21)26)18(25)13-7-5-4-6-8-13/h4-12,14,16-17,19,24H,1-3H3/b12-10+/t14-,16-,17-,19-/m1/s1. The van der Waals surface area contributed by atoms with Gasteiger partial charge in [-0.25, -0.2) is 4.79 Å². The molecule has 1 aliphatic heterocycles. The highest BCUT2D eigenvalue weighted by atomic mass is 32.2. The summed E-state index contributed by atoms with van der Waals surface area (Å²) in [5.41, 5.74) is -1.50. The molecule has 1 saturated heterocycles. The van der Waals surface area contributed by atoms with Crippen LogP contribution in [-0.2, 0) is 18.3 Å². The second kappa shape index (κ2) is 10.1. The van der Waals surface area contributed by atoms with Crippen molar-refractivity contribution in [2.45, 2.75) is 23.7 Å². The summed E-state index contributed by atoms with van der Waals surface area (Å²) in [7, 11) is -1.04. The van der Waals surface area contributed by atoms with E-state index in [1.807, 2.05) is 0 Å². The van der Waals surface area contributed by atoms with Gasteiger partial charge in [0.05, 0.1) is 5.25 Å². The fourth-order valence-electron chi connectivity index (χ4n) is 3.28. The molecule has 1 N–H and O–H groups in total. The summed E-state index contributed by atoms with van der Waals surface area (Å²) in [6.45, 7) is 0. The van der Waals surface area contributed by atoms with Gasteiger partial charge < -0.3 is 18.9 Å². The Morgan fingerprint density at radius 3 is 2.44 bits per heavy atom. The van der Waals surface area contributed by atoms with Crippen LogP contribution in [0.3, 0.4) is 0 Å². The molecule has 4 atom stereocenters. The summed E-state index contributed by atoms with van der Waals surface area (Å²) >= 11 is 1.24. The van der Waals surface area contributed by atoms with Crippen LogP contribution in [0.15, 0.2) is 64.1 Å². The van der Waals surface area contributed by atoms with Crippen molar-refractivity contribution in [1.29, 1.82) is 0 Å². The quantitative estimate of drug-likeness (QED) is 0.587. The van der Waals surface area contributed by atoms with E-state index in [2.05, 4.69) is 0 Å². The van der Waals surface area contributed by atoms with Gasteiger partial charge in [-0.2, -0.15) is 16.3 Å². The van der Waals surface area contributed by atoms with Crippen LogP contribution >= 0.6 is 19.4 Å². The van der Waals surface area contributed by atoms with E-state index in [1.165, 1.54) is 56.2 Å². The summed E-state index contributed by atoms with van der Waals surface area (Å²) in [6, 6.07) is 9.03. The van der Waals surface area contributed by atoms with Crippen molar-refractivity contribution >= 4 is 25.3 Å². The molecule has 10 nitrogen and oxygen atoms in total. The molecule has 0 amide bonds. The van der Waals surface area contributed by atoms with Gasteiger partial charge in [-0.3, -0.25) is 18.7 Å². The zero-order valence-corrected chi connectivity index (χ0v) is 19.3. The van der Waals surface area contributed by atoms with E-state index < -0.39 is 48.4 Å². The van der Waals surface area contributed by atoms with Gasteiger partial charge in [-0.15, -0.1) is 0 Å². The van der Waals surface area contributed by atoms with Gasteiger partial charge in [0.25, 0.3) is 11.5 Å². The van der Waals surface area contributed by atoms with Crippen molar-refractivity contribution in [3.05, 3.63) is 80.9 Å². The summed E-state index contributed by atoms with van der Waals surface area (Å²) in [5, 5.41) is 10.1. The van der Waals surface area contributed by atoms with Gasteiger partial charge in [-0.1, -0.05) is 18.2 Å². The van der Waals surface area contributed by atoms with Crippen LogP contribution in [0.4, 0.5) is 0 Å². The van der Waals surface area contributed by atoms with E-state index >= 15 is 0 Å². The van der Waals surface area contributed by atoms with Gasteiger partial charge in [0.15, 0.2) is 6.23 Å². The molecule has 3 rings (SSSR count). The molecule has 0 saturated carbocycles. The first-order chi connectivity index (χ1) is 15.3. The van der Waals surface area contributed by atoms with Gasteiger partial charge in [-0.05, 0) is 24.5 Å². The number of rotatable bonds is 7. The average Bonchev–Trinajstić information content (AvgIpc) is 3.13. The third kappa shape index (κ3) is 4.73. The lowest BCUT2D eigenvalue weighted by Gasteiger charge is -2.20. The maximum Gasteiger partial charge on any atom is 0.353 e. The Bertz CT molecular complexity index is 1150. The molecule has 1 aromatic carbocycles. The van der Waals surface area contributed by atoms with Crippen molar-refractivity contribution in [1.82, 2.24) is 9.13 Å². The predicted molar refractivity (Wildman–Crippen MR) is 119 cm³/mol. The van der Waals surface area contributed by atoms with E-state index in [0.29, 0.717) is 4.57 Å². The SMILES string of the molecule is COP(=O)(/C=C/[C@H]1O[C@@H](n2ccc(=O)n(C(=O)c3ccccc3)c2=O)[C@H](SC)[C@@H]1O)OC. The molecule has 2 aromatic rings. The number of hydrogen-bond acceptors (Lipinski definition) is 9. The number of carbonyl (C=O) groups excluding carboxylic acids is 1. The van der Waals surface area contributed by atoms with Gasteiger partial charge in [0.1, 0.15) is 12.2 Å². The first kappa shape index (κ1) is 24.4. The molecule has 12 heteroatoms. The van der Waals surface area contributed by atoms with Crippen LogP contribution in [0, 0.1) is 0 Å². The van der Waals surface area contributed by atoms with Crippen molar-refractivity contribution in [2.24, 2.45) is 0 Å². The lowest BCUT2D eigenvalue weighted by atomic mass is 10.1. The van der Waals surface area contributed by atoms with Crippen LogP contribution < -0.4 is 11.2 Å². The van der Waals surface area contributed by atoms with Gasteiger partial charge in [0.2, 0.25) is 0 Å². The number of thioether (sulfide) groups is 1. The molecular formula is C20H23N2O8PS. The minimum atomic E-state index is -3.49. The largest absolute Gasteiger partial charge is 0.389 e. The highest BCUT2D eigenvalue weighted by molar-refractivity contribution is 7.99. The first-order valence-electron chi connectivity index (χ1n) is 9.47. The monoisotopic (exact) mass is 482 g/mol. The lowest BCUT2D eigenvalue weighted by molar-refractivity contribution is 0.00484. The Hall–Kier alpha value is -2.27. The van der Waals surface area contributed by atoms with Crippen LogP contribution in [0.1, 0.15) is 16.6 Å². The molecule has 0 bridgehead atoms. The molecule has 0 unspecified atom stereocenters. The normalized spacial score (nSPS) is 23.6. The van der Waals surface area contributed by atoms with Crippen LogP contribution in [0.25, 0.3) is 0 Å². The number of carbonyl (C=O) groups is 1. The summed E-state index contributed by atoms with van der Waals surface area (Å²) in [4.78, 5) is 38.2. The van der Waals surface area contributed by atoms with E-state index in [1.54, 1.807) is 24.5 Å². The van der Waals surface area contributed by atoms with E-state index in [-0.39, 0.29) is 5.56 Å². The third-order valence-corrected chi connectivity index (χ3v) is 7.61. The number of aliphatic hydroxyl groups is 1. The van der Waals surface area contributed by atoms with Crippen molar-refractivity contribution in [3.63, 3.8) is 0 Å². The van der Waals surface area contributed by atoms with Crippen molar-refractivity contribution in [3.8, 4) is 0 Å². The second-order valence-electron chi connectivity index (χ2n) is 6.78. The highest BCUT2D eigenvalue weighted by Gasteiger charge is 2.44. The first-order valence-corrected chi connectivity index (χ1v) is 12.4. The van der Waals surface area contributed by atoms with E-state index in [4.69, 9.17) is 13.8 Å². The predicted octanol–water partition coefficient (Wildman–Crippen LogP) is 1.69. The smallest absolute Gasteiger partial charge is 0.353 e. The number of nitrogens with zero attached hydrogens (tertiary/aromatic N) is 2. The molecule has 1 aromatic heterocycles.